The quantitative estimate of drug-likeness (QED) is 0.834. The number of aryl methyl sites for hydroxylation is 1. The number of hydrogen-bond acceptors (Lipinski definition) is 5. The Morgan fingerprint density at radius 2 is 2.04 bits per heavy atom. The molecule has 0 aromatic carbocycles. The van der Waals surface area contributed by atoms with Crippen LogP contribution in [-0.4, -0.2) is 44.8 Å². The molecular formula is C19H25N5O3. The number of nitrogens with one attached hydrogen (secondary N) is 1. The van der Waals surface area contributed by atoms with E-state index in [0.717, 1.165) is 31.2 Å². The molecule has 1 fully saturated rings. The van der Waals surface area contributed by atoms with Gasteiger partial charge < -0.3 is 9.64 Å². The molecule has 1 aliphatic heterocycles. The van der Waals surface area contributed by atoms with E-state index in [2.05, 4.69) is 15.4 Å². The Balaban J connectivity index is 1.82. The van der Waals surface area contributed by atoms with Crippen molar-refractivity contribution < 1.29 is 14.3 Å². The minimum Gasteiger partial charge on any atom is -0.462 e. The fourth-order valence-electron chi connectivity index (χ4n) is 3.40. The molecule has 0 aliphatic carbocycles. The number of likely N-dealkylation sites (tertiary alicyclic amines) is 1. The summed E-state index contributed by atoms with van der Waals surface area (Å²) in [6.45, 7) is 2.65. The zero-order chi connectivity index (χ0) is 19.2. The molecule has 0 radical (unpaired) electrons. The first-order chi connectivity index (χ1) is 13.1. The molecule has 8 nitrogen and oxygen atoms in total. The number of rotatable bonds is 4. The summed E-state index contributed by atoms with van der Waals surface area (Å²) >= 11 is 0. The van der Waals surface area contributed by atoms with Gasteiger partial charge in [-0.15, -0.1) is 0 Å². The van der Waals surface area contributed by atoms with E-state index >= 15 is 0 Å². The molecule has 1 N–H and O–H groups in total. The number of amides is 2. The first kappa shape index (κ1) is 18.9. The van der Waals surface area contributed by atoms with Crippen LogP contribution in [0.3, 0.4) is 0 Å². The summed E-state index contributed by atoms with van der Waals surface area (Å²) in [6.07, 6.45) is 9.03. The van der Waals surface area contributed by atoms with Crippen molar-refractivity contribution in [3.05, 3.63) is 41.9 Å². The Morgan fingerprint density at radius 1 is 1.26 bits per heavy atom. The Bertz CT molecular complexity index is 790. The lowest BCUT2D eigenvalue weighted by Crippen LogP contribution is -2.38. The summed E-state index contributed by atoms with van der Waals surface area (Å²) in [5.41, 5.74) is 1.32. The zero-order valence-electron chi connectivity index (χ0n) is 15.7. The molecule has 2 aromatic rings. The van der Waals surface area contributed by atoms with E-state index in [1.54, 1.807) is 32.6 Å². The molecule has 0 spiro atoms. The van der Waals surface area contributed by atoms with E-state index in [9.17, 15) is 9.59 Å². The molecule has 3 heterocycles. The van der Waals surface area contributed by atoms with Gasteiger partial charge in [0.2, 0.25) is 0 Å². The van der Waals surface area contributed by atoms with Crippen molar-refractivity contribution in [1.29, 1.82) is 0 Å². The summed E-state index contributed by atoms with van der Waals surface area (Å²) in [6, 6.07) is 3.61. The topological polar surface area (TPSA) is 89.3 Å². The van der Waals surface area contributed by atoms with Crippen molar-refractivity contribution in [3.8, 4) is 0 Å². The van der Waals surface area contributed by atoms with Crippen LogP contribution in [0.15, 0.2) is 30.7 Å². The molecule has 1 atom stereocenters. The highest BCUT2D eigenvalue weighted by Crippen LogP contribution is 2.30. The Hall–Kier alpha value is -2.90. The fourth-order valence-corrected chi connectivity index (χ4v) is 3.40. The predicted octanol–water partition coefficient (Wildman–Crippen LogP) is 3.14. The number of esters is 1. The van der Waals surface area contributed by atoms with Gasteiger partial charge in [0.1, 0.15) is 5.56 Å². The number of carbonyl (C=O) groups is 2. The van der Waals surface area contributed by atoms with Crippen molar-refractivity contribution >= 4 is 17.8 Å². The number of aromatic nitrogens is 3. The first-order valence-corrected chi connectivity index (χ1v) is 9.28. The van der Waals surface area contributed by atoms with Crippen LogP contribution in [0.1, 0.15) is 54.6 Å². The molecular weight excluding hydrogens is 346 g/mol. The fraction of sp³-hybridized carbons (Fsp3) is 0.474. The van der Waals surface area contributed by atoms with Crippen LogP contribution in [0.5, 0.6) is 0 Å². The van der Waals surface area contributed by atoms with Crippen LogP contribution in [0.2, 0.25) is 0 Å². The summed E-state index contributed by atoms with van der Waals surface area (Å²) in [5, 5.41) is 7.02. The number of nitrogens with zero attached hydrogens (tertiary/aromatic N) is 4. The lowest BCUT2D eigenvalue weighted by molar-refractivity contribution is 0.0527. The minimum absolute atomic E-state index is 0.0229. The normalized spacial score (nSPS) is 17.3. The van der Waals surface area contributed by atoms with Crippen molar-refractivity contribution in [2.75, 3.05) is 18.5 Å². The summed E-state index contributed by atoms with van der Waals surface area (Å²) in [5.74, 6) is -0.277. The number of urea groups is 1. The Kier molecular flexibility index (Phi) is 6.05. The molecule has 1 saturated heterocycles. The van der Waals surface area contributed by atoms with Crippen LogP contribution >= 0.6 is 0 Å². The van der Waals surface area contributed by atoms with Gasteiger partial charge in [0, 0.05) is 32.2 Å². The largest absolute Gasteiger partial charge is 0.462 e. The highest BCUT2D eigenvalue weighted by Gasteiger charge is 2.28. The predicted molar refractivity (Wildman–Crippen MR) is 100 cm³/mol. The molecule has 3 rings (SSSR count). The van der Waals surface area contributed by atoms with E-state index in [-0.39, 0.29) is 30.1 Å². The second kappa shape index (κ2) is 8.66. The SMILES string of the molecule is CCOC(=O)c1cn(C)nc1NC(=O)N1CCCCC[C@H]1c1ccncc1. The smallest absolute Gasteiger partial charge is 0.343 e. The molecule has 0 unspecified atom stereocenters. The third-order valence-corrected chi connectivity index (χ3v) is 4.65. The third kappa shape index (κ3) is 4.45. The maximum Gasteiger partial charge on any atom is 0.343 e. The highest BCUT2D eigenvalue weighted by atomic mass is 16.5. The van der Waals surface area contributed by atoms with E-state index in [4.69, 9.17) is 4.74 Å². The van der Waals surface area contributed by atoms with Crippen LogP contribution in [0, 0.1) is 0 Å². The summed E-state index contributed by atoms with van der Waals surface area (Å²) < 4.78 is 6.55. The number of pyridine rings is 1. The van der Waals surface area contributed by atoms with E-state index in [1.165, 1.54) is 4.68 Å². The van der Waals surface area contributed by atoms with Crippen molar-refractivity contribution in [3.63, 3.8) is 0 Å². The van der Waals surface area contributed by atoms with Crippen LogP contribution in [-0.2, 0) is 11.8 Å². The lowest BCUT2D eigenvalue weighted by Gasteiger charge is -2.30. The standard InChI is InChI=1S/C19H25N5O3/c1-3-27-18(25)15-13-23(2)22-17(15)21-19(26)24-12-6-4-5-7-16(24)14-8-10-20-11-9-14/h8-11,13,16H,3-7,12H2,1-2H3,(H,21,22,26)/t16-/m0/s1. The average molecular weight is 371 g/mol. The van der Waals surface area contributed by atoms with Gasteiger partial charge in [0.05, 0.1) is 12.6 Å². The summed E-state index contributed by atoms with van der Waals surface area (Å²) in [4.78, 5) is 31.1. The maximum atomic E-state index is 13.0. The number of anilines is 1. The molecule has 1 aliphatic rings. The van der Waals surface area contributed by atoms with Gasteiger partial charge in [-0.2, -0.15) is 5.10 Å². The average Bonchev–Trinajstić information content (AvgIpc) is 2.88. The zero-order valence-corrected chi connectivity index (χ0v) is 15.7. The number of carbonyl (C=O) groups excluding carboxylic acids is 2. The second-order valence-electron chi connectivity index (χ2n) is 6.55. The molecule has 8 heteroatoms. The van der Waals surface area contributed by atoms with Gasteiger partial charge in [-0.1, -0.05) is 12.8 Å². The van der Waals surface area contributed by atoms with Gasteiger partial charge in [-0.25, -0.2) is 9.59 Å². The van der Waals surface area contributed by atoms with Gasteiger partial charge in [0.15, 0.2) is 5.82 Å². The Morgan fingerprint density at radius 3 is 2.78 bits per heavy atom. The van der Waals surface area contributed by atoms with Crippen molar-refractivity contribution in [2.45, 2.75) is 38.6 Å². The van der Waals surface area contributed by atoms with E-state index < -0.39 is 5.97 Å². The number of hydrogen-bond donors (Lipinski definition) is 1. The van der Waals surface area contributed by atoms with Gasteiger partial charge >= 0.3 is 12.0 Å². The third-order valence-electron chi connectivity index (χ3n) is 4.65. The monoisotopic (exact) mass is 371 g/mol. The van der Waals surface area contributed by atoms with Crippen molar-refractivity contribution in [2.24, 2.45) is 7.05 Å². The molecule has 2 amide bonds. The van der Waals surface area contributed by atoms with Gasteiger partial charge in [-0.05, 0) is 37.5 Å². The van der Waals surface area contributed by atoms with Crippen LogP contribution < -0.4 is 5.32 Å². The summed E-state index contributed by atoms with van der Waals surface area (Å²) in [7, 11) is 1.70. The van der Waals surface area contributed by atoms with Gasteiger partial charge in [0.25, 0.3) is 0 Å². The minimum atomic E-state index is -0.498. The van der Waals surface area contributed by atoms with Gasteiger partial charge in [-0.3, -0.25) is 15.0 Å². The molecule has 144 valence electrons. The highest BCUT2D eigenvalue weighted by molar-refractivity contribution is 5.99. The molecule has 0 bridgehead atoms. The van der Waals surface area contributed by atoms with Crippen LogP contribution in [0.25, 0.3) is 0 Å². The Labute approximate surface area is 158 Å². The van der Waals surface area contributed by atoms with Crippen molar-refractivity contribution in [1.82, 2.24) is 19.7 Å². The first-order valence-electron chi connectivity index (χ1n) is 9.28. The molecule has 2 aromatic heterocycles. The molecule has 27 heavy (non-hydrogen) atoms. The number of ether oxygens (including phenoxy) is 1. The van der Waals surface area contributed by atoms with Crippen LogP contribution in [0.4, 0.5) is 10.6 Å². The van der Waals surface area contributed by atoms with E-state index in [0.29, 0.717) is 6.54 Å². The lowest BCUT2D eigenvalue weighted by atomic mass is 10.0. The second-order valence-corrected chi connectivity index (χ2v) is 6.55. The van der Waals surface area contributed by atoms with E-state index in [1.807, 2.05) is 17.0 Å². The molecule has 0 saturated carbocycles. The maximum absolute atomic E-state index is 13.0.